The van der Waals surface area contributed by atoms with Crippen LogP contribution in [-0.2, 0) is 22.3 Å². The molecule has 0 heterocycles. The minimum absolute atomic E-state index is 0.142. The van der Waals surface area contributed by atoms with Crippen molar-refractivity contribution in [3.63, 3.8) is 0 Å². The SMILES string of the molecule is CC(/C=N/S(=O)C(C)(C)C)OCc1ccccc1. The summed E-state index contributed by atoms with van der Waals surface area (Å²) >= 11 is 0. The number of ether oxygens (including phenoxy) is 1. The highest BCUT2D eigenvalue weighted by atomic mass is 32.2. The van der Waals surface area contributed by atoms with Crippen LogP contribution >= 0.6 is 0 Å². The minimum Gasteiger partial charge on any atom is -0.368 e. The topological polar surface area (TPSA) is 38.7 Å². The molecule has 18 heavy (non-hydrogen) atoms. The lowest BCUT2D eigenvalue weighted by Crippen LogP contribution is -2.21. The largest absolute Gasteiger partial charge is 0.368 e. The third-order valence-corrected chi connectivity index (χ3v) is 3.61. The first-order chi connectivity index (χ1) is 8.39. The zero-order valence-corrected chi connectivity index (χ0v) is 12.2. The summed E-state index contributed by atoms with van der Waals surface area (Å²) in [5.74, 6) is 0. The van der Waals surface area contributed by atoms with Crippen LogP contribution in [0.3, 0.4) is 0 Å². The summed E-state index contributed by atoms with van der Waals surface area (Å²) < 4.78 is 21.0. The zero-order valence-electron chi connectivity index (χ0n) is 11.4. The van der Waals surface area contributed by atoms with Gasteiger partial charge < -0.3 is 4.74 Å². The first-order valence-electron chi connectivity index (χ1n) is 6.01. The molecule has 0 fully saturated rings. The molecule has 1 aromatic rings. The highest BCUT2D eigenvalue weighted by Crippen LogP contribution is 2.12. The maximum absolute atomic E-state index is 11.7. The molecule has 0 aliphatic rings. The van der Waals surface area contributed by atoms with Gasteiger partial charge in [-0.15, -0.1) is 0 Å². The van der Waals surface area contributed by atoms with Gasteiger partial charge >= 0.3 is 0 Å². The standard InChI is InChI=1S/C14H21NO2S/c1-12(10-15-18(16)14(2,3)4)17-11-13-8-6-5-7-9-13/h5-10,12H,11H2,1-4H3/b15-10+. The Morgan fingerprint density at radius 3 is 2.50 bits per heavy atom. The lowest BCUT2D eigenvalue weighted by Gasteiger charge is -2.14. The van der Waals surface area contributed by atoms with E-state index < -0.39 is 11.0 Å². The summed E-state index contributed by atoms with van der Waals surface area (Å²) in [6.07, 6.45) is 1.47. The average Bonchev–Trinajstić information content (AvgIpc) is 2.33. The third-order valence-electron chi connectivity index (χ3n) is 2.25. The molecule has 0 amide bonds. The Hall–Kier alpha value is -1.00. The molecule has 1 rings (SSSR count). The van der Waals surface area contributed by atoms with Gasteiger partial charge in [0.1, 0.15) is 11.0 Å². The van der Waals surface area contributed by atoms with E-state index in [4.69, 9.17) is 4.74 Å². The molecule has 0 aliphatic carbocycles. The highest BCUT2D eigenvalue weighted by Gasteiger charge is 2.18. The van der Waals surface area contributed by atoms with Crippen molar-refractivity contribution in [1.29, 1.82) is 0 Å². The van der Waals surface area contributed by atoms with Gasteiger partial charge in [0.15, 0.2) is 0 Å². The van der Waals surface area contributed by atoms with E-state index in [-0.39, 0.29) is 10.9 Å². The smallest absolute Gasteiger partial charge is 0.144 e. The average molecular weight is 267 g/mol. The molecule has 0 N–H and O–H groups in total. The van der Waals surface area contributed by atoms with Crippen molar-refractivity contribution < 1.29 is 8.95 Å². The molecule has 2 unspecified atom stereocenters. The molecule has 0 radical (unpaired) electrons. The lowest BCUT2D eigenvalue weighted by molar-refractivity contribution is 0.0992. The summed E-state index contributed by atoms with van der Waals surface area (Å²) in [5, 5.41) is 0. The second kappa shape index (κ2) is 6.81. The number of benzene rings is 1. The minimum atomic E-state index is -1.22. The van der Waals surface area contributed by atoms with E-state index in [1.807, 2.05) is 58.0 Å². The fourth-order valence-corrected chi connectivity index (χ4v) is 1.74. The van der Waals surface area contributed by atoms with E-state index in [2.05, 4.69) is 4.40 Å². The van der Waals surface area contributed by atoms with Crippen molar-refractivity contribution >= 4 is 17.2 Å². The first-order valence-corrected chi connectivity index (χ1v) is 7.12. The Bertz CT molecular complexity index is 410. The van der Waals surface area contributed by atoms with Crippen molar-refractivity contribution in [2.75, 3.05) is 0 Å². The Morgan fingerprint density at radius 2 is 1.94 bits per heavy atom. The van der Waals surface area contributed by atoms with Crippen LogP contribution in [0.4, 0.5) is 0 Å². The fourth-order valence-electron chi connectivity index (χ4n) is 1.14. The van der Waals surface area contributed by atoms with Crippen molar-refractivity contribution in [3.05, 3.63) is 35.9 Å². The van der Waals surface area contributed by atoms with Gasteiger partial charge in [0.25, 0.3) is 0 Å². The van der Waals surface area contributed by atoms with Gasteiger partial charge in [-0.1, -0.05) is 30.3 Å². The molecule has 4 heteroatoms. The molecule has 0 saturated carbocycles. The lowest BCUT2D eigenvalue weighted by atomic mass is 10.2. The Labute approximate surface area is 112 Å². The maximum Gasteiger partial charge on any atom is 0.144 e. The number of rotatable bonds is 5. The van der Waals surface area contributed by atoms with Crippen molar-refractivity contribution in [2.45, 2.75) is 45.2 Å². The molecule has 2 atom stereocenters. The zero-order chi connectivity index (χ0) is 13.6. The molecule has 1 aromatic carbocycles. The number of hydrogen-bond acceptors (Lipinski definition) is 2. The molecule has 3 nitrogen and oxygen atoms in total. The molecule has 0 bridgehead atoms. The Kier molecular flexibility index (Phi) is 5.69. The van der Waals surface area contributed by atoms with Gasteiger partial charge in [-0.2, -0.15) is 4.40 Å². The Balaban J connectivity index is 2.41. The molecule has 0 aromatic heterocycles. The van der Waals surface area contributed by atoms with Crippen LogP contribution in [0, 0.1) is 0 Å². The van der Waals surface area contributed by atoms with E-state index in [1.54, 1.807) is 6.21 Å². The van der Waals surface area contributed by atoms with E-state index in [0.717, 1.165) is 5.56 Å². The maximum atomic E-state index is 11.7. The quantitative estimate of drug-likeness (QED) is 0.769. The van der Waals surface area contributed by atoms with Crippen LogP contribution < -0.4 is 0 Å². The number of hydrogen-bond donors (Lipinski definition) is 0. The normalized spacial score (nSPS) is 15.8. The van der Waals surface area contributed by atoms with E-state index >= 15 is 0 Å². The Morgan fingerprint density at radius 1 is 1.33 bits per heavy atom. The predicted octanol–water partition coefficient (Wildman–Crippen LogP) is 3.12. The molecular formula is C14H21NO2S. The van der Waals surface area contributed by atoms with Crippen molar-refractivity contribution in [1.82, 2.24) is 0 Å². The highest BCUT2D eigenvalue weighted by molar-refractivity contribution is 7.85. The van der Waals surface area contributed by atoms with Gasteiger partial charge in [-0.25, -0.2) is 4.21 Å². The second-order valence-corrected chi connectivity index (χ2v) is 7.05. The first kappa shape index (κ1) is 15.1. The summed E-state index contributed by atoms with van der Waals surface area (Å²) in [5.41, 5.74) is 1.12. The van der Waals surface area contributed by atoms with Gasteiger partial charge in [0.2, 0.25) is 0 Å². The van der Waals surface area contributed by atoms with Crippen LogP contribution in [0.15, 0.2) is 34.7 Å². The molecule has 0 spiro atoms. The van der Waals surface area contributed by atoms with Crippen LogP contribution in [-0.4, -0.2) is 21.3 Å². The van der Waals surface area contributed by atoms with Gasteiger partial charge in [0, 0.05) is 6.21 Å². The fraction of sp³-hybridized carbons (Fsp3) is 0.500. The van der Waals surface area contributed by atoms with Crippen LogP contribution in [0.1, 0.15) is 33.3 Å². The summed E-state index contributed by atoms with van der Waals surface area (Å²) in [4.78, 5) is 0. The summed E-state index contributed by atoms with van der Waals surface area (Å²) in [7, 11) is -1.22. The molecule has 0 saturated heterocycles. The van der Waals surface area contributed by atoms with Crippen LogP contribution in [0.5, 0.6) is 0 Å². The predicted molar refractivity (Wildman–Crippen MR) is 77.1 cm³/mol. The van der Waals surface area contributed by atoms with E-state index in [1.165, 1.54) is 0 Å². The van der Waals surface area contributed by atoms with Gasteiger partial charge in [-0.05, 0) is 33.3 Å². The summed E-state index contributed by atoms with van der Waals surface area (Å²) in [6.45, 7) is 8.13. The number of nitrogens with zero attached hydrogens (tertiary/aromatic N) is 1. The molecular weight excluding hydrogens is 246 g/mol. The van der Waals surface area contributed by atoms with Gasteiger partial charge in [0.05, 0.1) is 17.5 Å². The van der Waals surface area contributed by atoms with Crippen molar-refractivity contribution in [2.24, 2.45) is 4.40 Å². The third kappa shape index (κ3) is 5.56. The van der Waals surface area contributed by atoms with Gasteiger partial charge in [-0.3, -0.25) is 0 Å². The second-order valence-electron chi connectivity index (χ2n) is 5.12. The summed E-state index contributed by atoms with van der Waals surface area (Å²) in [6, 6.07) is 9.95. The van der Waals surface area contributed by atoms with E-state index in [0.29, 0.717) is 6.61 Å². The van der Waals surface area contributed by atoms with Crippen molar-refractivity contribution in [3.8, 4) is 0 Å². The monoisotopic (exact) mass is 267 g/mol. The van der Waals surface area contributed by atoms with Crippen LogP contribution in [0.25, 0.3) is 0 Å². The van der Waals surface area contributed by atoms with E-state index in [9.17, 15) is 4.21 Å². The molecule has 100 valence electrons. The van der Waals surface area contributed by atoms with Crippen LogP contribution in [0.2, 0.25) is 0 Å². The molecule has 0 aliphatic heterocycles.